The topological polar surface area (TPSA) is 42.0 Å². The van der Waals surface area contributed by atoms with E-state index in [2.05, 4.69) is 4.90 Å². The van der Waals surface area contributed by atoms with Crippen molar-refractivity contribution < 1.29 is 18.7 Å². The Morgan fingerprint density at radius 1 is 1.07 bits per heavy atom. The predicted octanol–water partition coefficient (Wildman–Crippen LogP) is 4.02. The van der Waals surface area contributed by atoms with Gasteiger partial charge in [-0.25, -0.2) is 4.39 Å². The summed E-state index contributed by atoms with van der Waals surface area (Å²) in [5, 5.41) is 0.518. The van der Waals surface area contributed by atoms with Crippen LogP contribution >= 0.6 is 11.3 Å². The molecule has 29 heavy (non-hydrogen) atoms. The molecule has 1 aliphatic heterocycles. The number of ether oxygens (including phenoxy) is 2. The van der Waals surface area contributed by atoms with E-state index >= 15 is 0 Å². The lowest BCUT2D eigenvalue weighted by molar-refractivity contribution is 0.0632. The Hall–Kier alpha value is -2.64. The largest absolute Gasteiger partial charge is 0.497 e. The third-order valence-electron chi connectivity index (χ3n) is 5.26. The van der Waals surface area contributed by atoms with Crippen molar-refractivity contribution in [3.63, 3.8) is 0 Å². The van der Waals surface area contributed by atoms with Crippen LogP contribution in [0.4, 0.5) is 4.39 Å². The van der Waals surface area contributed by atoms with Crippen LogP contribution in [0.25, 0.3) is 10.1 Å². The van der Waals surface area contributed by atoms with Crippen LogP contribution in [0.2, 0.25) is 0 Å². The molecule has 7 heteroatoms. The molecule has 0 saturated carbocycles. The zero-order chi connectivity index (χ0) is 20.4. The molecule has 0 spiro atoms. The van der Waals surface area contributed by atoms with E-state index in [-0.39, 0.29) is 11.7 Å². The molecule has 0 N–H and O–H groups in total. The molecule has 152 valence electrons. The maximum absolute atomic E-state index is 13.9. The zero-order valence-corrected chi connectivity index (χ0v) is 17.3. The Labute approximate surface area is 173 Å². The van der Waals surface area contributed by atoms with Crippen LogP contribution in [-0.2, 0) is 6.54 Å². The van der Waals surface area contributed by atoms with Gasteiger partial charge in [0, 0.05) is 48.4 Å². The molecule has 1 saturated heterocycles. The number of carbonyl (C=O) groups excluding carboxylic acids is 1. The number of nitrogens with zero attached hydrogens (tertiary/aromatic N) is 2. The fraction of sp³-hybridized carbons (Fsp3) is 0.318. The van der Waals surface area contributed by atoms with Gasteiger partial charge in [-0.3, -0.25) is 9.69 Å². The number of benzene rings is 2. The number of halogens is 1. The second kappa shape index (κ2) is 8.39. The summed E-state index contributed by atoms with van der Waals surface area (Å²) < 4.78 is 25.5. The standard InChI is InChI=1S/C22H23FN2O3S/c1-27-16-6-7-19(28-2)15(12-16)14-24-8-10-25(11-9-24)22(26)21-13-17-18(23)4-3-5-20(17)29-21/h3-7,12-13H,8-11,14H2,1-2H3. The molecule has 5 nitrogen and oxygen atoms in total. The van der Waals surface area contributed by atoms with Gasteiger partial charge in [-0.15, -0.1) is 11.3 Å². The molecule has 0 bridgehead atoms. The van der Waals surface area contributed by atoms with Gasteiger partial charge in [0.05, 0.1) is 19.1 Å². The molecule has 1 aliphatic rings. The van der Waals surface area contributed by atoms with Gasteiger partial charge in [0.15, 0.2) is 0 Å². The van der Waals surface area contributed by atoms with Crippen molar-refractivity contribution in [2.45, 2.75) is 6.54 Å². The minimum Gasteiger partial charge on any atom is -0.497 e. The minimum absolute atomic E-state index is 0.0239. The third-order valence-corrected chi connectivity index (χ3v) is 6.35. The molecule has 1 aromatic heterocycles. The van der Waals surface area contributed by atoms with E-state index in [1.54, 1.807) is 26.4 Å². The van der Waals surface area contributed by atoms with Gasteiger partial charge in [0.2, 0.25) is 0 Å². The van der Waals surface area contributed by atoms with Gasteiger partial charge in [0.1, 0.15) is 17.3 Å². The summed E-state index contributed by atoms with van der Waals surface area (Å²) in [6.45, 7) is 3.55. The molecule has 0 radical (unpaired) electrons. The van der Waals surface area contributed by atoms with Crippen molar-refractivity contribution in [1.29, 1.82) is 0 Å². The number of thiophene rings is 1. The molecular weight excluding hydrogens is 391 g/mol. The summed E-state index contributed by atoms with van der Waals surface area (Å²) in [5.74, 6) is 1.32. The molecule has 3 aromatic rings. The van der Waals surface area contributed by atoms with Gasteiger partial charge in [-0.05, 0) is 36.4 Å². The number of rotatable bonds is 5. The van der Waals surface area contributed by atoms with Crippen molar-refractivity contribution in [3.05, 3.63) is 58.7 Å². The van der Waals surface area contributed by atoms with Crippen LogP contribution in [0.5, 0.6) is 11.5 Å². The van der Waals surface area contributed by atoms with Crippen molar-refractivity contribution >= 4 is 27.3 Å². The van der Waals surface area contributed by atoms with Crippen LogP contribution in [-0.4, -0.2) is 56.1 Å². The van der Waals surface area contributed by atoms with E-state index in [0.29, 0.717) is 23.4 Å². The molecule has 1 fully saturated rings. The average Bonchev–Trinajstić information content (AvgIpc) is 3.19. The van der Waals surface area contributed by atoms with Gasteiger partial charge in [-0.2, -0.15) is 0 Å². The number of amides is 1. The van der Waals surface area contributed by atoms with Crippen molar-refractivity contribution in [1.82, 2.24) is 9.80 Å². The lowest BCUT2D eigenvalue weighted by Gasteiger charge is -2.34. The average molecular weight is 415 g/mol. The highest BCUT2D eigenvalue weighted by molar-refractivity contribution is 7.20. The van der Waals surface area contributed by atoms with E-state index < -0.39 is 0 Å². The molecule has 0 unspecified atom stereocenters. The Bertz CT molecular complexity index is 1030. The Balaban J connectivity index is 1.41. The highest BCUT2D eigenvalue weighted by atomic mass is 32.1. The van der Waals surface area contributed by atoms with E-state index in [1.165, 1.54) is 17.4 Å². The minimum atomic E-state index is -0.283. The van der Waals surface area contributed by atoms with Gasteiger partial charge in [0.25, 0.3) is 5.91 Å². The predicted molar refractivity (Wildman–Crippen MR) is 113 cm³/mol. The fourth-order valence-electron chi connectivity index (χ4n) is 3.64. The molecular formula is C22H23FN2O3S. The monoisotopic (exact) mass is 414 g/mol. The second-order valence-corrected chi connectivity index (χ2v) is 8.09. The van der Waals surface area contributed by atoms with E-state index in [1.807, 2.05) is 29.2 Å². The fourth-order valence-corrected chi connectivity index (χ4v) is 4.69. The van der Waals surface area contributed by atoms with Crippen LogP contribution in [0.15, 0.2) is 42.5 Å². The normalized spacial score (nSPS) is 14.9. The number of methoxy groups -OCH3 is 2. The third kappa shape index (κ3) is 4.06. The second-order valence-electron chi connectivity index (χ2n) is 7.01. The van der Waals surface area contributed by atoms with E-state index in [0.717, 1.165) is 41.4 Å². The van der Waals surface area contributed by atoms with Crippen molar-refractivity contribution in [2.24, 2.45) is 0 Å². The summed E-state index contributed by atoms with van der Waals surface area (Å²) in [7, 11) is 3.31. The van der Waals surface area contributed by atoms with Crippen LogP contribution in [0, 0.1) is 5.82 Å². The smallest absolute Gasteiger partial charge is 0.264 e. The highest BCUT2D eigenvalue weighted by Crippen LogP contribution is 2.29. The first-order valence-electron chi connectivity index (χ1n) is 9.49. The molecule has 2 heterocycles. The molecule has 2 aromatic carbocycles. The summed E-state index contributed by atoms with van der Waals surface area (Å²) in [5.41, 5.74) is 1.06. The van der Waals surface area contributed by atoms with E-state index in [9.17, 15) is 9.18 Å². The van der Waals surface area contributed by atoms with Gasteiger partial charge < -0.3 is 14.4 Å². The zero-order valence-electron chi connectivity index (χ0n) is 16.5. The molecule has 1 amide bonds. The Morgan fingerprint density at radius 2 is 1.86 bits per heavy atom. The summed E-state index contributed by atoms with van der Waals surface area (Å²) in [4.78, 5) is 17.6. The first-order valence-corrected chi connectivity index (χ1v) is 10.3. The first kappa shape index (κ1) is 19.7. The molecule has 4 rings (SSSR count). The molecule has 0 aliphatic carbocycles. The number of hydrogen-bond donors (Lipinski definition) is 0. The summed E-state index contributed by atoms with van der Waals surface area (Å²) in [6, 6.07) is 12.4. The lowest BCUT2D eigenvalue weighted by Crippen LogP contribution is -2.48. The summed E-state index contributed by atoms with van der Waals surface area (Å²) >= 11 is 1.35. The van der Waals surface area contributed by atoms with Crippen LogP contribution in [0.3, 0.4) is 0 Å². The van der Waals surface area contributed by atoms with E-state index in [4.69, 9.17) is 9.47 Å². The number of piperazine rings is 1. The number of carbonyl (C=O) groups is 1. The first-order chi connectivity index (χ1) is 14.1. The van der Waals surface area contributed by atoms with Crippen molar-refractivity contribution in [3.8, 4) is 11.5 Å². The maximum Gasteiger partial charge on any atom is 0.264 e. The summed E-state index contributed by atoms with van der Waals surface area (Å²) in [6.07, 6.45) is 0. The Kier molecular flexibility index (Phi) is 5.69. The maximum atomic E-state index is 13.9. The van der Waals surface area contributed by atoms with Gasteiger partial charge >= 0.3 is 0 Å². The lowest BCUT2D eigenvalue weighted by atomic mass is 10.1. The highest BCUT2D eigenvalue weighted by Gasteiger charge is 2.24. The van der Waals surface area contributed by atoms with Crippen molar-refractivity contribution in [2.75, 3.05) is 40.4 Å². The van der Waals surface area contributed by atoms with Crippen LogP contribution < -0.4 is 9.47 Å². The molecule has 0 atom stereocenters. The Morgan fingerprint density at radius 3 is 2.55 bits per heavy atom. The quantitative estimate of drug-likeness (QED) is 0.633. The SMILES string of the molecule is COc1ccc(OC)c(CN2CCN(C(=O)c3cc4c(F)cccc4s3)CC2)c1. The number of fused-ring (bicyclic) bond motifs is 1. The van der Waals surface area contributed by atoms with Crippen LogP contribution in [0.1, 0.15) is 15.2 Å². The number of hydrogen-bond acceptors (Lipinski definition) is 5. The van der Waals surface area contributed by atoms with Gasteiger partial charge in [-0.1, -0.05) is 6.07 Å².